The van der Waals surface area contributed by atoms with Gasteiger partial charge in [0.1, 0.15) is 11.8 Å². The maximum Gasteiger partial charge on any atom is 0.325 e. The standard InChI is InChI=1S/C20H23N3O4/c24-18(21-12-4-8-15-6-2-1-3-7-15)11-10-17-19(25)23(20(26)22-17)14-16-9-5-13-27-16/h1-3,5-7,9,13,17H,4,8,10-12,14H2,(H,21,24)(H,22,26)/t17-/m1/s1. The van der Waals surface area contributed by atoms with Crippen LogP contribution in [0, 0.1) is 0 Å². The molecule has 7 heteroatoms. The van der Waals surface area contributed by atoms with Gasteiger partial charge in [0.05, 0.1) is 12.8 Å². The van der Waals surface area contributed by atoms with E-state index in [1.54, 1.807) is 12.1 Å². The van der Waals surface area contributed by atoms with Crippen LogP contribution in [0.15, 0.2) is 53.1 Å². The van der Waals surface area contributed by atoms with E-state index in [4.69, 9.17) is 4.42 Å². The van der Waals surface area contributed by atoms with Crippen LogP contribution in [0.2, 0.25) is 0 Å². The molecular formula is C20H23N3O4. The van der Waals surface area contributed by atoms with E-state index in [1.165, 1.54) is 11.8 Å². The number of carbonyl (C=O) groups excluding carboxylic acids is 3. The number of carbonyl (C=O) groups is 3. The molecule has 4 amide bonds. The fraction of sp³-hybridized carbons (Fsp3) is 0.350. The summed E-state index contributed by atoms with van der Waals surface area (Å²) in [6, 6.07) is 12.4. The van der Waals surface area contributed by atoms with Gasteiger partial charge in [-0.1, -0.05) is 30.3 Å². The molecule has 0 bridgehead atoms. The minimum atomic E-state index is -0.664. The van der Waals surface area contributed by atoms with Gasteiger partial charge >= 0.3 is 6.03 Å². The topological polar surface area (TPSA) is 91.7 Å². The van der Waals surface area contributed by atoms with Crippen molar-refractivity contribution in [2.75, 3.05) is 6.54 Å². The SMILES string of the molecule is O=C(CC[C@H]1NC(=O)N(Cc2ccco2)C1=O)NCCCc1ccccc1. The quantitative estimate of drug-likeness (QED) is 0.524. The first-order valence-electron chi connectivity index (χ1n) is 9.08. The molecule has 0 unspecified atom stereocenters. The summed E-state index contributed by atoms with van der Waals surface area (Å²) < 4.78 is 5.17. The van der Waals surface area contributed by atoms with Crippen molar-refractivity contribution in [3.63, 3.8) is 0 Å². The van der Waals surface area contributed by atoms with Gasteiger partial charge in [-0.15, -0.1) is 0 Å². The molecule has 1 aliphatic heterocycles. The van der Waals surface area contributed by atoms with Crippen molar-refractivity contribution in [3.05, 3.63) is 60.1 Å². The number of aryl methyl sites for hydroxylation is 1. The van der Waals surface area contributed by atoms with Crippen molar-refractivity contribution in [1.82, 2.24) is 15.5 Å². The Morgan fingerprint density at radius 2 is 1.96 bits per heavy atom. The number of hydrogen-bond donors (Lipinski definition) is 2. The zero-order chi connectivity index (χ0) is 19.1. The number of benzene rings is 1. The molecule has 2 heterocycles. The van der Waals surface area contributed by atoms with Crippen molar-refractivity contribution < 1.29 is 18.8 Å². The van der Waals surface area contributed by atoms with Crippen LogP contribution in [0.5, 0.6) is 0 Å². The molecule has 7 nitrogen and oxygen atoms in total. The molecule has 1 aromatic carbocycles. The van der Waals surface area contributed by atoms with E-state index in [2.05, 4.69) is 22.8 Å². The van der Waals surface area contributed by atoms with E-state index in [-0.39, 0.29) is 31.2 Å². The highest BCUT2D eigenvalue weighted by molar-refractivity contribution is 6.04. The molecular weight excluding hydrogens is 346 g/mol. The van der Waals surface area contributed by atoms with E-state index < -0.39 is 12.1 Å². The molecule has 2 N–H and O–H groups in total. The summed E-state index contributed by atoms with van der Waals surface area (Å²) in [5.74, 6) is 0.0955. The van der Waals surface area contributed by atoms with Gasteiger partial charge in [-0.05, 0) is 37.0 Å². The van der Waals surface area contributed by atoms with E-state index in [9.17, 15) is 14.4 Å². The van der Waals surface area contributed by atoms with E-state index in [0.717, 1.165) is 17.7 Å². The normalized spacial score (nSPS) is 16.4. The number of nitrogens with zero attached hydrogens (tertiary/aromatic N) is 1. The molecule has 2 aromatic rings. The summed E-state index contributed by atoms with van der Waals surface area (Å²) in [7, 11) is 0. The molecule has 1 aromatic heterocycles. The van der Waals surface area contributed by atoms with Gasteiger partial charge in [-0.25, -0.2) is 4.79 Å². The second kappa shape index (κ2) is 9.02. The summed E-state index contributed by atoms with van der Waals surface area (Å²) in [5, 5.41) is 5.49. The molecule has 1 saturated heterocycles. The van der Waals surface area contributed by atoms with Gasteiger partial charge in [-0.2, -0.15) is 0 Å². The minimum absolute atomic E-state index is 0.0971. The number of imide groups is 1. The average Bonchev–Trinajstić information content (AvgIpc) is 3.28. The Morgan fingerprint density at radius 3 is 2.70 bits per heavy atom. The molecule has 27 heavy (non-hydrogen) atoms. The maximum absolute atomic E-state index is 12.3. The predicted molar refractivity (Wildman–Crippen MR) is 98.6 cm³/mol. The fourth-order valence-corrected chi connectivity index (χ4v) is 3.01. The first-order chi connectivity index (χ1) is 13.1. The number of amides is 4. The molecule has 0 spiro atoms. The summed E-state index contributed by atoms with van der Waals surface area (Å²) >= 11 is 0. The van der Waals surface area contributed by atoms with Crippen LogP contribution in [0.25, 0.3) is 0 Å². The Hall–Kier alpha value is -3.09. The first kappa shape index (κ1) is 18.7. The molecule has 3 rings (SSSR count). The van der Waals surface area contributed by atoms with Crippen LogP contribution >= 0.6 is 0 Å². The number of urea groups is 1. The van der Waals surface area contributed by atoms with Crippen molar-refractivity contribution >= 4 is 17.8 Å². The predicted octanol–water partition coefficient (Wildman–Crippen LogP) is 2.23. The van der Waals surface area contributed by atoms with Gasteiger partial charge in [0.2, 0.25) is 5.91 Å². The zero-order valence-electron chi connectivity index (χ0n) is 15.0. The van der Waals surface area contributed by atoms with Gasteiger partial charge < -0.3 is 15.1 Å². The highest BCUT2D eigenvalue weighted by Crippen LogP contribution is 2.15. The van der Waals surface area contributed by atoms with E-state index in [1.807, 2.05) is 18.2 Å². The molecule has 0 radical (unpaired) electrons. The minimum Gasteiger partial charge on any atom is -0.467 e. The smallest absolute Gasteiger partial charge is 0.325 e. The number of hydrogen-bond acceptors (Lipinski definition) is 4. The lowest BCUT2D eigenvalue weighted by Crippen LogP contribution is -2.32. The Bertz CT molecular complexity index is 774. The third-order valence-electron chi connectivity index (χ3n) is 4.47. The van der Waals surface area contributed by atoms with E-state index >= 15 is 0 Å². The lowest BCUT2D eigenvalue weighted by Gasteiger charge is -2.11. The van der Waals surface area contributed by atoms with Crippen LogP contribution in [-0.2, 0) is 22.6 Å². The van der Waals surface area contributed by atoms with Crippen molar-refractivity contribution in [1.29, 1.82) is 0 Å². The Morgan fingerprint density at radius 1 is 1.15 bits per heavy atom. The first-order valence-corrected chi connectivity index (χ1v) is 9.08. The third kappa shape index (κ3) is 5.20. The summed E-state index contributed by atoms with van der Waals surface area (Å²) in [4.78, 5) is 37.4. The highest BCUT2D eigenvalue weighted by Gasteiger charge is 2.38. The van der Waals surface area contributed by atoms with Crippen LogP contribution in [0.4, 0.5) is 4.79 Å². The Balaban J connectivity index is 1.36. The molecule has 1 fully saturated rings. The van der Waals surface area contributed by atoms with Crippen LogP contribution in [-0.4, -0.2) is 35.3 Å². The van der Waals surface area contributed by atoms with Crippen LogP contribution in [0.1, 0.15) is 30.6 Å². The molecule has 0 saturated carbocycles. The molecule has 1 atom stereocenters. The van der Waals surface area contributed by atoms with Crippen LogP contribution in [0.3, 0.4) is 0 Å². The van der Waals surface area contributed by atoms with Gasteiger partial charge in [0, 0.05) is 13.0 Å². The van der Waals surface area contributed by atoms with Crippen molar-refractivity contribution in [3.8, 4) is 0 Å². The number of furan rings is 1. The van der Waals surface area contributed by atoms with Gasteiger partial charge in [-0.3, -0.25) is 14.5 Å². The highest BCUT2D eigenvalue weighted by atomic mass is 16.3. The third-order valence-corrected chi connectivity index (χ3v) is 4.47. The zero-order valence-corrected chi connectivity index (χ0v) is 15.0. The Labute approximate surface area is 157 Å². The Kier molecular flexibility index (Phi) is 6.25. The average molecular weight is 369 g/mol. The van der Waals surface area contributed by atoms with Crippen molar-refractivity contribution in [2.24, 2.45) is 0 Å². The van der Waals surface area contributed by atoms with E-state index in [0.29, 0.717) is 12.3 Å². The summed E-state index contributed by atoms with van der Waals surface area (Å²) in [6.45, 7) is 0.684. The largest absolute Gasteiger partial charge is 0.467 e. The monoisotopic (exact) mass is 369 g/mol. The summed E-state index contributed by atoms with van der Waals surface area (Å²) in [5.41, 5.74) is 1.24. The molecule has 142 valence electrons. The van der Waals surface area contributed by atoms with Gasteiger partial charge in [0.25, 0.3) is 5.91 Å². The molecule has 1 aliphatic rings. The second-order valence-corrected chi connectivity index (χ2v) is 6.48. The van der Waals surface area contributed by atoms with Crippen molar-refractivity contribution in [2.45, 2.75) is 38.3 Å². The number of rotatable bonds is 9. The maximum atomic E-state index is 12.3. The molecule has 0 aliphatic carbocycles. The second-order valence-electron chi connectivity index (χ2n) is 6.48. The fourth-order valence-electron chi connectivity index (χ4n) is 3.01. The lowest BCUT2D eigenvalue weighted by molar-refractivity contribution is -0.128. The lowest BCUT2D eigenvalue weighted by atomic mass is 10.1. The summed E-state index contributed by atoms with van der Waals surface area (Å²) in [6.07, 6.45) is 3.72. The van der Waals surface area contributed by atoms with Crippen LogP contribution < -0.4 is 10.6 Å². The number of nitrogens with one attached hydrogen (secondary N) is 2. The van der Waals surface area contributed by atoms with Gasteiger partial charge in [0.15, 0.2) is 0 Å².